The van der Waals surface area contributed by atoms with Crippen molar-refractivity contribution in [2.75, 3.05) is 13.1 Å². The number of hydrogen-bond acceptors (Lipinski definition) is 2. The monoisotopic (exact) mass is 144 g/mol. The van der Waals surface area contributed by atoms with Crippen LogP contribution in [0.3, 0.4) is 0 Å². The van der Waals surface area contributed by atoms with E-state index in [1.807, 2.05) is 0 Å². The molecule has 0 aromatic carbocycles. The molecule has 10 heavy (non-hydrogen) atoms. The van der Waals surface area contributed by atoms with Crippen LogP contribution in [0.1, 0.15) is 27.7 Å². The van der Waals surface area contributed by atoms with E-state index in [2.05, 4.69) is 32.6 Å². The van der Waals surface area contributed by atoms with Gasteiger partial charge in [-0.1, -0.05) is 13.8 Å². The van der Waals surface area contributed by atoms with E-state index in [1.165, 1.54) is 0 Å². The van der Waals surface area contributed by atoms with Crippen molar-refractivity contribution in [3.8, 4) is 0 Å². The van der Waals surface area contributed by atoms with E-state index in [-0.39, 0.29) is 6.04 Å². The molecule has 2 nitrogen and oxygen atoms in total. The third-order valence-corrected chi connectivity index (χ3v) is 2.15. The van der Waals surface area contributed by atoms with Crippen LogP contribution in [-0.4, -0.2) is 30.1 Å². The largest absolute Gasteiger partial charge is 0.327 e. The van der Waals surface area contributed by atoms with Gasteiger partial charge in [0.05, 0.1) is 0 Å². The molecule has 0 aliphatic heterocycles. The van der Waals surface area contributed by atoms with Gasteiger partial charge in [0.1, 0.15) is 0 Å². The lowest BCUT2D eigenvalue weighted by atomic mass is 10.1. The predicted octanol–water partition coefficient (Wildman–Crippen LogP) is 1.06. The number of rotatable bonds is 4. The van der Waals surface area contributed by atoms with Crippen LogP contribution >= 0.6 is 0 Å². The fourth-order valence-corrected chi connectivity index (χ4v) is 1.13. The SMILES string of the molecule is CCN(CC)C(C)C(C)N. The Kier molecular flexibility index (Phi) is 4.65. The first-order chi connectivity index (χ1) is 4.63. The first-order valence-corrected chi connectivity index (χ1v) is 4.13. The highest BCUT2D eigenvalue weighted by Crippen LogP contribution is 2.00. The molecule has 0 spiro atoms. The van der Waals surface area contributed by atoms with Crippen LogP contribution in [0.5, 0.6) is 0 Å². The summed E-state index contributed by atoms with van der Waals surface area (Å²) in [4.78, 5) is 2.37. The number of likely N-dealkylation sites (N-methyl/N-ethyl adjacent to an activating group) is 1. The molecule has 0 aliphatic carbocycles. The number of nitrogens with two attached hydrogens (primary N) is 1. The molecular weight excluding hydrogens is 124 g/mol. The molecule has 0 radical (unpaired) electrons. The summed E-state index contributed by atoms with van der Waals surface area (Å²) in [6, 6.07) is 0.787. The van der Waals surface area contributed by atoms with Gasteiger partial charge in [-0.05, 0) is 26.9 Å². The van der Waals surface area contributed by atoms with E-state index in [0.29, 0.717) is 6.04 Å². The van der Waals surface area contributed by atoms with Gasteiger partial charge in [0.15, 0.2) is 0 Å². The Morgan fingerprint density at radius 3 is 1.70 bits per heavy atom. The molecule has 0 rings (SSSR count). The molecule has 0 bridgehead atoms. The standard InChI is InChI=1S/C8H20N2/c1-5-10(6-2)8(4)7(3)9/h7-8H,5-6,9H2,1-4H3. The van der Waals surface area contributed by atoms with Crippen molar-refractivity contribution in [1.82, 2.24) is 4.90 Å². The number of nitrogens with zero attached hydrogens (tertiary/aromatic N) is 1. The van der Waals surface area contributed by atoms with Crippen LogP contribution in [0.2, 0.25) is 0 Å². The summed E-state index contributed by atoms with van der Waals surface area (Å²) in [5, 5.41) is 0. The Morgan fingerprint density at radius 2 is 1.60 bits per heavy atom. The minimum atomic E-state index is 0.278. The summed E-state index contributed by atoms with van der Waals surface area (Å²) in [7, 11) is 0. The minimum absolute atomic E-state index is 0.278. The van der Waals surface area contributed by atoms with E-state index in [0.717, 1.165) is 13.1 Å². The molecule has 0 saturated carbocycles. The molecule has 62 valence electrons. The second-order valence-electron chi connectivity index (χ2n) is 2.82. The van der Waals surface area contributed by atoms with Crippen LogP contribution in [0.4, 0.5) is 0 Å². The minimum Gasteiger partial charge on any atom is -0.327 e. The molecule has 0 saturated heterocycles. The van der Waals surface area contributed by atoms with Gasteiger partial charge in [-0.2, -0.15) is 0 Å². The third kappa shape index (κ3) is 2.67. The van der Waals surface area contributed by atoms with Crippen molar-refractivity contribution < 1.29 is 0 Å². The Labute approximate surface area is 64.4 Å². The molecular formula is C8H20N2. The maximum absolute atomic E-state index is 5.75. The second-order valence-corrected chi connectivity index (χ2v) is 2.82. The lowest BCUT2D eigenvalue weighted by molar-refractivity contribution is 0.209. The zero-order valence-electron chi connectivity index (χ0n) is 7.59. The fraction of sp³-hybridized carbons (Fsp3) is 1.00. The Morgan fingerprint density at radius 1 is 1.20 bits per heavy atom. The molecule has 2 atom stereocenters. The zero-order chi connectivity index (χ0) is 8.15. The van der Waals surface area contributed by atoms with Gasteiger partial charge < -0.3 is 5.73 Å². The quantitative estimate of drug-likeness (QED) is 0.639. The molecule has 2 N–H and O–H groups in total. The average Bonchev–Trinajstić information content (AvgIpc) is 1.90. The van der Waals surface area contributed by atoms with Crippen LogP contribution in [0.15, 0.2) is 0 Å². The van der Waals surface area contributed by atoms with Gasteiger partial charge in [-0.15, -0.1) is 0 Å². The van der Waals surface area contributed by atoms with Crippen LogP contribution in [0, 0.1) is 0 Å². The van der Waals surface area contributed by atoms with E-state index in [4.69, 9.17) is 5.73 Å². The lowest BCUT2D eigenvalue weighted by Crippen LogP contribution is -2.44. The maximum atomic E-state index is 5.75. The normalized spacial score (nSPS) is 17.4. The Bertz CT molecular complexity index is 77.3. The van der Waals surface area contributed by atoms with Gasteiger partial charge in [-0.25, -0.2) is 0 Å². The third-order valence-electron chi connectivity index (χ3n) is 2.15. The first kappa shape index (κ1) is 9.92. The van der Waals surface area contributed by atoms with Crippen LogP contribution < -0.4 is 5.73 Å². The van der Waals surface area contributed by atoms with Crippen molar-refractivity contribution in [3.63, 3.8) is 0 Å². The van der Waals surface area contributed by atoms with Gasteiger partial charge in [0, 0.05) is 12.1 Å². The summed E-state index contributed by atoms with van der Waals surface area (Å²) in [6.07, 6.45) is 0. The molecule has 2 unspecified atom stereocenters. The van der Waals surface area contributed by atoms with Gasteiger partial charge >= 0.3 is 0 Å². The molecule has 0 aliphatic rings. The summed E-state index contributed by atoms with van der Waals surface area (Å²) >= 11 is 0. The smallest absolute Gasteiger partial charge is 0.0215 e. The molecule has 0 aromatic heterocycles. The van der Waals surface area contributed by atoms with Crippen molar-refractivity contribution in [2.24, 2.45) is 5.73 Å². The lowest BCUT2D eigenvalue weighted by Gasteiger charge is -2.28. The zero-order valence-corrected chi connectivity index (χ0v) is 7.59. The predicted molar refractivity (Wildman–Crippen MR) is 46.0 cm³/mol. The molecule has 0 heterocycles. The summed E-state index contributed by atoms with van der Waals surface area (Å²) in [5.41, 5.74) is 5.75. The van der Waals surface area contributed by atoms with Crippen LogP contribution in [0.25, 0.3) is 0 Å². The van der Waals surface area contributed by atoms with Crippen molar-refractivity contribution in [2.45, 2.75) is 39.8 Å². The second kappa shape index (κ2) is 4.69. The average molecular weight is 144 g/mol. The molecule has 0 fully saturated rings. The Hall–Kier alpha value is -0.0800. The van der Waals surface area contributed by atoms with Crippen molar-refractivity contribution in [3.05, 3.63) is 0 Å². The van der Waals surface area contributed by atoms with Crippen molar-refractivity contribution in [1.29, 1.82) is 0 Å². The highest BCUT2D eigenvalue weighted by Gasteiger charge is 2.12. The van der Waals surface area contributed by atoms with Crippen LogP contribution in [-0.2, 0) is 0 Å². The van der Waals surface area contributed by atoms with E-state index in [1.54, 1.807) is 0 Å². The van der Waals surface area contributed by atoms with E-state index in [9.17, 15) is 0 Å². The summed E-state index contributed by atoms with van der Waals surface area (Å²) < 4.78 is 0. The molecule has 0 amide bonds. The first-order valence-electron chi connectivity index (χ1n) is 4.13. The maximum Gasteiger partial charge on any atom is 0.0215 e. The van der Waals surface area contributed by atoms with Gasteiger partial charge in [0.25, 0.3) is 0 Å². The highest BCUT2D eigenvalue weighted by molar-refractivity contribution is 4.72. The topological polar surface area (TPSA) is 29.3 Å². The highest BCUT2D eigenvalue weighted by atomic mass is 15.2. The Balaban J connectivity index is 3.76. The summed E-state index contributed by atoms with van der Waals surface area (Å²) in [6.45, 7) is 10.8. The van der Waals surface area contributed by atoms with Gasteiger partial charge in [0.2, 0.25) is 0 Å². The molecule has 2 heteroatoms. The number of hydrogen-bond donors (Lipinski definition) is 1. The van der Waals surface area contributed by atoms with E-state index >= 15 is 0 Å². The molecule has 0 aromatic rings. The summed E-state index contributed by atoms with van der Waals surface area (Å²) in [5.74, 6) is 0. The van der Waals surface area contributed by atoms with Gasteiger partial charge in [-0.3, -0.25) is 4.90 Å². The fourth-order valence-electron chi connectivity index (χ4n) is 1.13. The van der Waals surface area contributed by atoms with E-state index < -0.39 is 0 Å². The van der Waals surface area contributed by atoms with Crippen molar-refractivity contribution >= 4 is 0 Å².